The largest absolute Gasteiger partial charge is 0.355 e. The van der Waals surface area contributed by atoms with E-state index in [0.717, 1.165) is 12.7 Å². The summed E-state index contributed by atoms with van der Waals surface area (Å²) in [4.78, 5) is 10.7. The Morgan fingerprint density at radius 1 is 1.45 bits per heavy atom. The molecule has 0 bridgehead atoms. The zero-order valence-corrected chi connectivity index (χ0v) is 7.57. The molecule has 0 heterocycles. The summed E-state index contributed by atoms with van der Waals surface area (Å²) >= 11 is 0. The Morgan fingerprint density at radius 2 is 2.00 bits per heavy atom. The van der Waals surface area contributed by atoms with Gasteiger partial charge in [0.05, 0.1) is 0 Å². The van der Waals surface area contributed by atoms with Crippen molar-refractivity contribution in [3.05, 3.63) is 0 Å². The van der Waals surface area contributed by atoms with Gasteiger partial charge in [-0.1, -0.05) is 6.92 Å². The molecule has 11 heavy (non-hydrogen) atoms. The van der Waals surface area contributed by atoms with Crippen molar-refractivity contribution in [2.45, 2.75) is 13.3 Å². The van der Waals surface area contributed by atoms with Gasteiger partial charge in [-0.3, -0.25) is 4.79 Å². The van der Waals surface area contributed by atoms with Crippen LogP contribution in [0.3, 0.4) is 0 Å². The first-order chi connectivity index (χ1) is 4.95. The molecule has 0 atom stereocenters. The van der Waals surface area contributed by atoms with E-state index in [2.05, 4.69) is 5.32 Å². The quantitative estimate of drug-likeness (QED) is 0.636. The Balaban J connectivity index is 3.71. The monoisotopic (exact) mass is 179 g/mol. The first-order valence-corrected chi connectivity index (χ1v) is 5.46. The average Bonchev–Trinajstić information content (AvgIpc) is 1.79. The molecule has 0 aliphatic rings. The molecule has 5 heteroatoms. The molecule has 0 aromatic rings. The minimum absolute atomic E-state index is 0.410. The second-order valence-corrected chi connectivity index (χ2v) is 4.56. The normalized spacial score (nSPS) is 11.1. The van der Waals surface area contributed by atoms with Crippen LogP contribution in [0.5, 0.6) is 0 Å². The minimum atomic E-state index is -3.17. The molecule has 0 aliphatic carbocycles. The summed E-state index contributed by atoms with van der Waals surface area (Å²) in [6.07, 6.45) is 1.86. The van der Waals surface area contributed by atoms with Gasteiger partial charge in [-0.25, -0.2) is 8.42 Å². The van der Waals surface area contributed by atoms with E-state index in [0.29, 0.717) is 6.54 Å². The topological polar surface area (TPSA) is 63.2 Å². The van der Waals surface area contributed by atoms with Gasteiger partial charge in [0.1, 0.15) is 5.75 Å². The first kappa shape index (κ1) is 10.4. The van der Waals surface area contributed by atoms with Crippen LogP contribution in [0.1, 0.15) is 13.3 Å². The highest BCUT2D eigenvalue weighted by Crippen LogP contribution is 1.81. The zero-order valence-electron chi connectivity index (χ0n) is 6.75. The standard InChI is InChI=1S/C6H13NO3S/c1-3-4-7-6(8)5-11(2,9)10/h3-5H2,1-2H3,(H,7,8). The lowest BCUT2D eigenvalue weighted by molar-refractivity contribution is -0.118. The van der Waals surface area contributed by atoms with Gasteiger partial charge in [0.2, 0.25) is 5.91 Å². The number of sulfone groups is 1. The van der Waals surface area contributed by atoms with E-state index < -0.39 is 21.5 Å². The number of hydrogen-bond acceptors (Lipinski definition) is 3. The summed E-state index contributed by atoms with van der Waals surface area (Å²) < 4.78 is 21.1. The summed E-state index contributed by atoms with van der Waals surface area (Å²) in [5, 5.41) is 2.47. The molecule has 0 saturated carbocycles. The highest BCUT2D eigenvalue weighted by molar-refractivity contribution is 7.91. The molecule has 0 rings (SSSR count). The fourth-order valence-electron chi connectivity index (χ4n) is 0.554. The van der Waals surface area contributed by atoms with Crippen molar-refractivity contribution in [3.63, 3.8) is 0 Å². The van der Waals surface area contributed by atoms with Crippen LogP contribution in [-0.4, -0.2) is 32.9 Å². The van der Waals surface area contributed by atoms with E-state index in [1.54, 1.807) is 0 Å². The predicted molar refractivity (Wildman–Crippen MR) is 43.0 cm³/mol. The van der Waals surface area contributed by atoms with Crippen LogP contribution in [0, 0.1) is 0 Å². The van der Waals surface area contributed by atoms with Crippen molar-refractivity contribution in [1.82, 2.24) is 5.32 Å². The molecule has 0 aromatic carbocycles. The summed E-state index contributed by atoms with van der Waals surface area (Å²) in [6.45, 7) is 2.44. The summed E-state index contributed by atoms with van der Waals surface area (Å²) in [6, 6.07) is 0. The van der Waals surface area contributed by atoms with Crippen LogP contribution in [0.25, 0.3) is 0 Å². The smallest absolute Gasteiger partial charge is 0.235 e. The van der Waals surface area contributed by atoms with Crippen molar-refractivity contribution in [2.24, 2.45) is 0 Å². The first-order valence-electron chi connectivity index (χ1n) is 3.40. The molecule has 66 valence electrons. The Bertz CT molecular complexity index is 220. The van der Waals surface area contributed by atoms with E-state index in [4.69, 9.17) is 0 Å². The third kappa shape index (κ3) is 7.32. The third-order valence-electron chi connectivity index (χ3n) is 0.965. The van der Waals surface area contributed by atoms with Crippen molar-refractivity contribution in [3.8, 4) is 0 Å². The molecule has 0 fully saturated rings. The minimum Gasteiger partial charge on any atom is -0.355 e. The fourth-order valence-corrected chi connectivity index (χ4v) is 1.13. The lowest BCUT2D eigenvalue weighted by atomic mass is 10.5. The highest BCUT2D eigenvalue weighted by Gasteiger charge is 2.08. The maximum atomic E-state index is 10.7. The summed E-state index contributed by atoms with van der Waals surface area (Å²) in [5.41, 5.74) is 0. The van der Waals surface area contributed by atoms with Crippen LogP contribution >= 0.6 is 0 Å². The molecule has 4 nitrogen and oxygen atoms in total. The van der Waals surface area contributed by atoms with Crippen LogP contribution in [0.2, 0.25) is 0 Å². The SMILES string of the molecule is CCCNC(=O)CS(C)(=O)=O. The van der Waals surface area contributed by atoms with Crippen molar-refractivity contribution < 1.29 is 13.2 Å². The maximum Gasteiger partial charge on any atom is 0.235 e. The summed E-state index contributed by atoms with van der Waals surface area (Å²) in [5.74, 6) is -0.832. The van der Waals surface area contributed by atoms with E-state index in [9.17, 15) is 13.2 Å². The molecule has 0 unspecified atom stereocenters. The van der Waals surface area contributed by atoms with E-state index >= 15 is 0 Å². The van der Waals surface area contributed by atoms with Gasteiger partial charge >= 0.3 is 0 Å². The Hall–Kier alpha value is -0.580. The van der Waals surface area contributed by atoms with Crippen molar-refractivity contribution in [2.75, 3.05) is 18.6 Å². The lowest BCUT2D eigenvalue weighted by Crippen LogP contribution is -2.30. The lowest BCUT2D eigenvalue weighted by Gasteiger charge is -2.00. The third-order valence-corrected chi connectivity index (χ3v) is 1.75. The van der Waals surface area contributed by atoms with Gasteiger partial charge in [-0.05, 0) is 6.42 Å². The van der Waals surface area contributed by atoms with Crippen LogP contribution < -0.4 is 5.32 Å². The second-order valence-electron chi connectivity index (χ2n) is 2.42. The average molecular weight is 179 g/mol. The van der Waals surface area contributed by atoms with E-state index in [1.807, 2.05) is 6.92 Å². The fraction of sp³-hybridized carbons (Fsp3) is 0.833. The Morgan fingerprint density at radius 3 is 2.36 bits per heavy atom. The molecule has 1 amide bonds. The number of carbonyl (C=O) groups excluding carboxylic acids is 1. The van der Waals surface area contributed by atoms with Crippen molar-refractivity contribution in [1.29, 1.82) is 0 Å². The molecular weight excluding hydrogens is 166 g/mol. The Kier molecular flexibility index (Phi) is 4.10. The molecule has 1 N–H and O–H groups in total. The van der Waals surface area contributed by atoms with Crippen LogP contribution in [0.4, 0.5) is 0 Å². The maximum absolute atomic E-state index is 10.7. The molecule has 0 saturated heterocycles. The Labute approximate surface area is 66.9 Å². The van der Waals surface area contributed by atoms with Gasteiger partial charge < -0.3 is 5.32 Å². The van der Waals surface area contributed by atoms with Gasteiger partial charge in [0.15, 0.2) is 9.84 Å². The number of carbonyl (C=O) groups is 1. The zero-order chi connectivity index (χ0) is 8.91. The van der Waals surface area contributed by atoms with Gasteiger partial charge in [-0.15, -0.1) is 0 Å². The van der Waals surface area contributed by atoms with Crippen LogP contribution in [-0.2, 0) is 14.6 Å². The number of amides is 1. The second kappa shape index (κ2) is 4.33. The number of nitrogens with one attached hydrogen (secondary N) is 1. The van der Waals surface area contributed by atoms with Gasteiger partial charge in [-0.2, -0.15) is 0 Å². The molecule has 0 aliphatic heterocycles. The molecule has 0 spiro atoms. The predicted octanol–water partition coefficient (Wildman–Crippen LogP) is -0.443. The van der Waals surface area contributed by atoms with Gasteiger partial charge in [0, 0.05) is 12.8 Å². The molecular formula is C6H13NO3S. The molecule has 0 radical (unpaired) electrons. The van der Waals surface area contributed by atoms with E-state index in [1.165, 1.54) is 0 Å². The number of rotatable bonds is 4. The number of hydrogen-bond donors (Lipinski definition) is 1. The molecule has 0 aromatic heterocycles. The van der Waals surface area contributed by atoms with Crippen molar-refractivity contribution >= 4 is 15.7 Å². The summed E-state index contributed by atoms with van der Waals surface area (Å²) in [7, 11) is -3.17. The van der Waals surface area contributed by atoms with Crippen LogP contribution in [0.15, 0.2) is 0 Å². The van der Waals surface area contributed by atoms with Gasteiger partial charge in [0.25, 0.3) is 0 Å². The van der Waals surface area contributed by atoms with E-state index in [-0.39, 0.29) is 0 Å². The highest BCUT2D eigenvalue weighted by atomic mass is 32.2.